The third-order valence-corrected chi connectivity index (χ3v) is 2.81. The van der Waals surface area contributed by atoms with Crippen LogP contribution in [0.1, 0.15) is 24.0 Å². The van der Waals surface area contributed by atoms with Gasteiger partial charge in [-0.25, -0.2) is 0 Å². The molecule has 0 aromatic heterocycles. The van der Waals surface area contributed by atoms with Crippen molar-refractivity contribution in [2.24, 2.45) is 0 Å². The fourth-order valence-corrected chi connectivity index (χ4v) is 1.92. The lowest BCUT2D eigenvalue weighted by molar-refractivity contribution is 0.0786. The van der Waals surface area contributed by atoms with E-state index in [1.165, 1.54) is 11.1 Å². The number of benzene rings is 1. The summed E-state index contributed by atoms with van der Waals surface area (Å²) < 4.78 is 0. The molecule has 0 spiro atoms. The van der Waals surface area contributed by atoms with Gasteiger partial charge < -0.3 is 10.4 Å². The Labute approximate surface area is 85.0 Å². The molecule has 1 fully saturated rings. The van der Waals surface area contributed by atoms with Crippen molar-refractivity contribution in [1.29, 1.82) is 0 Å². The van der Waals surface area contributed by atoms with Gasteiger partial charge in [-0.15, -0.1) is 0 Å². The highest BCUT2D eigenvalue weighted by atomic mass is 16.3. The van der Waals surface area contributed by atoms with E-state index in [2.05, 4.69) is 37.4 Å². The number of aliphatic hydroxyl groups is 1. The number of hydrogen-bond acceptors (Lipinski definition) is 2. The Morgan fingerprint density at radius 1 is 1.14 bits per heavy atom. The van der Waals surface area contributed by atoms with Crippen molar-refractivity contribution in [1.82, 2.24) is 0 Å². The van der Waals surface area contributed by atoms with Crippen molar-refractivity contribution < 1.29 is 5.11 Å². The molecule has 0 saturated heterocycles. The summed E-state index contributed by atoms with van der Waals surface area (Å²) in [6.45, 7) is 4.19. The molecule has 0 bridgehead atoms. The summed E-state index contributed by atoms with van der Waals surface area (Å²) in [5.74, 6) is 0. The first-order valence-corrected chi connectivity index (χ1v) is 5.18. The monoisotopic (exact) mass is 191 g/mol. The summed E-state index contributed by atoms with van der Waals surface area (Å²) in [6.07, 6.45) is 1.85. The molecule has 0 radical (unpaired) electrons. The number of nitrogens with one attached hydrogen (secondary N) is 1. The van der Waals surface area contributed by atoms with Crippen molar-refractivity contribution in [2.75, 3.05) is 5.32 Å². The highest BCUT2D eigenvalue weighted by Gasteiger charge is 2.28. The molecule has 76 valence electrons. The van der Waals surface area contributed by atoms with Gasteiger partial charge in [0.05, 0.1) is 12.1 Å². The maximum atomic E-state index is 9.45. The van der Waals surface area contributed by atoms with Gasteiger partial charge in [0.25, 0.3) is 0 Å². The van der Waals surface area contributed by atoms with Crippen LogP contribution in [0, 0.1) is 13.8 Å². The molecule has 1 aromatic carbocycles. The van der Waals surface area contributed by atoms with Gasteiger partial charge in [0.15, 0.2) is 0 Å². The van der Waals surface area contributed by atoms with Crippen LogP contribution in [0.5, 0.6) is 0 Å². The first kappa shape index (κ1) is 9.53. The number of rotatable bonds is 2. The summed E-state index contributed by atoms with van der Waals surface area (Å²) >= 11 is 0. The van der Waals surface area contributed by atoms with E-state index in [1.54, 1.807) is 0 Å². The molecule has 2 unspecified atom stereocenters. The molecule has 2 nitrogen and oxygen atoms in total. The molecular formula is C12H17NO. The van der Waals surface area contributed by atoms with Gasteiger partial charge in [-0.2, -0.15) is 0 Å². The van der Waals surface area contributed by atoms with Crippen LogP contribution in [-0.2, 0) is 0 Å². The average molecular weight is 191 g/mol. The van der Waals surface area contributed by atoms with E-state index in [0.717, 1.165) is 18.5 Å². The lowest BCUT2D eigenvalue weighted by Crippen LogP contribution is -2.42. The molecule has 2 heteroatoms. The zero-order valence-electron chi connectivity index (χ0n) is 8.75. The van der Waals surface area contributed by atoms with Gasteiger partial charge >= 0.3 is 0 Å². The van der Waals surface area contributed by atoms with E-state index < -0.39 is 0 Å². The summed E-state index contributed by atoms with van der Waals surface area (Å²) in [6, 6.07) is 6.66. The van der Waals surface area contributed by atoms with Gasteiger partial charge in [-0.1, -0.05) is 6.07 Å². The van der Waals surface area contributed by atoms with Gasteiger partial charge in [0.1, 0.15) is 0 Å². The van der Waals surface area contributed by atoms with Crippen molar-refractivity contribution in [2.45, 2.75) is 38.8 Å². The Morgan fingerprint density at radius 2 is 1.79 bits per heavy atom. The predicted molar refractivity (Wildman–Crippen MR) is 58.6 cm³/mol. The highest BCUT2D eigenvalue weighted by molar-refractivity contribution is 5.49. The van der Waals surface area contributed by atoms with Crippen molar-refractivity contribution in [3.63, 3.8) is 0 Å². The minimum absolute atomic E-state index is 0.157. The lowest BCUT2D eigenvalue weighted by Gasteiger charge is -2.34. The Kier molecular flexibility index (Phi) is 2.46. The zero-order valence-corrected chi connectivity index (χ0v) is 8.75. The summed E-state index contributed by atoms with van der Waals surface area (Å²) in [5.41, 5.74) is 3.66. The molecule has 1 aromatic rings. The standard InChI is InChI=1S/C12H17NO/c1-8-5-9(2)7-10(6-8)13-11-3-4-12(11)14/h5-7,11-14H,3-4H2,1-2H3. The van der Waals surface area contributed by atoms with Crippen molar-refractivity contribution >= 4 is 5.69 Å². The van der Waals surface area contributed by atoms with Crippen LogP contribution >= 0.6 is 0 Å². The molecule has 0 heterocycles. The fraction of sp³-hybridized carbons (Fsp3) is 0.500. The fourth-order valence-electron chi connectivity index (χ4n) is 1.92. The number of anilines is 1. The predicted octanol–water partition coefficient (Wildman–Crippen LogP) is 2.24. The highest BCUT2D eigenvalue weighted by Crippen LogP contribution is 2.24. The Bertz CT molecular complexity index is 315. The first-order valence-electron chi connectivity index (χ1n) is 5.18. The Balaban J connectivity index is 2.08. The van der Waals surface area contributed by atoms with Gasteiger partial charge in [0, 0.05) is 5.69 Å². The Hall–Kier alpha value is -1.02. The van der Waals surface area contributed by atoms with E-state index in [4.69, 9.17) is 0 Å². The molecular weight excluding hydrogens is 174 g/mol. The van der Waals surface area contributed by atoms with Gasteiger partial charge in [0.2, 0.25) is 0 Å². The van der Waals surface area contributed by atoms with E-state index in [0.29, 0.717) is 0 Å². The third kappa shape index (κ3) is 1.90. The van der Waals surface area contributed by atoms with Crippen LogP contribution in [0.2, 0.25) is 0 Å². The van der Waals surface area contributed by atoms with Crippen LogP contribution in [0.3, 0.4) is 0 Å². The lowest BCUT2D eigenvalue weighted by atomic mass is 9.89. The quantitative estimate of drug-likeness (QED) is 0.751. The molecule has 2 N–H and O–H groups in total. The summed E-state index contributed by atoms with van der Waals surface area (Å²) in [5, 5.41) is 12.8. The van der Waals surface area contributed by atoms with E-state index in [1.807, 2.05) is 0 Å². The van der Waals surface area contributed by atoms with Crippen LogP contribution in [0.25, 0.3) is 0 Å². The maximum absolute atomic E-state index is 9.45. The van der Waals surface area contributed by atoms with Gasteiger partial charge in [-0.3, -0.25) is 0 Å². The first-order chi connectivity index (χ1) is 6.65. The van der Waals surface area contributed by atoms with Gasteiger partial charge in [-0.05, 0) is 49.9 Å². The van der Waals surface area contributed by atoms with E-state index >= 15 is 0 Å². The molecule has 2 rings (SSSR count). The van der Waals surface area contributed by atoms with E-state index in [9.17, 15) is 5.11 Å². The summed E-state index contributed by atoms with van der Waals surface area (Å²) in [7, 11) is 0. The SMILES string of the molecule is Cc1cc(C)cc(NC2CCC2O)c1. The van der Waals surface area contributed by atoms with Crippen LogP contribution in [0.15, 0.2) is 18.2 Å². The normalized spacial score (nSPS) is 25.6. The molecule has 14 heavy (non-hydrogen) atoms. The second-order valence-electron chi connectivity index (χ2n) is 4.27. The average Bonchev–Trinajstić information content (AvgIpc) is 2.10. The molecule has 0 aliphatic heterocycles. The van der Waals surface area contributed by atoms with Crippen LogP contribution in [-0.4, -0.2) is 17.3 Å². The minimum Gasteiger partial charge on any atom is -0.391 e. The topological polar surface area (TPSA) is 32.3 Å². The minimum atomic E-state index is -0.157. The van der Waals surface area contributed by atoms with Crippen molar-refractivity contribution in [3.8, 4) is 0 Å². The largest absolute Gasteiger partial charge is 0.391 e. The molecule has 1 aliphatic rings. The second-order valence-corrected chi connectivity index (χ2v) is 4.27. The zero-order chi connectivity index (χ0) is 10.1. The third-order valence-electron chi connectivity index (χ3n) is 2.81. The smallest absolute Gasteiger partial charge is 0.0741 e. The Morgan fingerprint density at radius 3 is 2.21 bits per heavy atom. The molecule has 1 saturated carbocycles. The molecule has 1 aliphatic carbocycles. The van der Waals surface area contributed by atoms with Crippen molar-refractivity contribution in [3.05, 3.63) is 29.3 Å². The second kappa shape index (κ2) is 3.62. The summed E-state index contributed by atoms with van der Waals surface area (Å²) in [4.78, 5) is 0. The maximum Gasteiger partial charge on any atom is 0.0741 e. The number of aliphatic hydroxyl groups excluding tert-OH is 1. The van der Waals surface area contributed by atoms with Crippen LogP contribution in [0.4, 0.5) is 5.69 Å². The van der Waals surface area contributed by atoms with Crippen LogP contribution < -0.4 is 5.32 Å². The van der Waals surface area contributed by atoms with E-state index in [-0.39, 0.29) is 12.1 Å². The molecule has 0 amide bonds. The molecule has 2 atom stereocenters. The number of hydrogen-bond donors (Lipinski definition) is 2. The number of aryl methyl sites for hydroxylation is 2.